The van der Waals surface area contributed by atoms with Crippen molar-refractivity contribution >= 4 is 23.0 Å². The van der Waals surface area contributed by atoms with E-state index < -0.39 is 10.9 Å². The zero-order valence-corrected chi connectivity index (χ0v) is 18.9. The van der Waals surface area contributed by atoms with Crippen molar-refractivity contribution in [1.29, 1.82) is 0 Å². The van der Waals surface area contributed by atoms with Crippen molar-refractivity contribution in [2.45, 2.75) is 39.2 Å². The molecule has 2 atom stereocenters. The highest BCUT2D eigenvalue weighted by molar-refractivity contribution is 5.99. The van der Waals surface area contributed by atoms with Crippen LogP contribution in [0.15, 0.2) is 58.1 Å². The van der Waals surface area contributed by atoms with Gasteiger partial charge in [-0.1, -0.05) is 50.2 Å². The molecular formula is C26H29N3O4. The van der Waals surface area contributed by atoms with Crippen LogP contribution in [-0.4, -0.2) is 29.0 Å². The summed E-state index contributed by atoms with van der Waals surface area (Å²) in [7, 11) is 0. The number of hydrogen-bond donors (Lipinski definition) is 3. The van der Waals surface area contributed by atoms with E-state index in [-0.39, 0.29) is 40.3 Å². The fraction of sp³-hybridized carbons (Fsp3) is 0.346. The number of benzene rings is 2. The van der Waals surface area contributed by atoms with Gasteiger partial charge < -0.3 is 20.6 Å². The van der Waals surface area contributed by atoms with Crippen LogP contribution in [0.4, 0.5) is 17.1 Å². The van der Waals surface area contributed by atoms with Crippen LogP contribution in [0.3, 0.4) is 0 Å². The number of nitrogens with one attached hydrogen (secondary N) is 2. The van der Waals surface area contributed by atoms with Gasteiger partial charge in [-0.15, -0.1) is 0 Å². The van der Waals surface area contributed by atoms with E-state index in [2.05, 4.69) is 17.6 Å². The molecule has 0 radical (unpaired) electrons. The fourth-order valence-corrected chi connectivity index (χ4v) is 4.43. The molecule has 172 valence electrons. The van der Waals surface area contributed by atoms with Crippen LogP contribution < -0.4 is 21.5 Å². The van der Waals surface area contributed by atoms with Gasteiger partial charge in [-0.3, -0.25) is 14.4 Å². The maximum atomic E-state index is 13.0. The number of aromatic hydroxyl groups is 1. The van der Waals surface area contributed by atoms with Gasteiger partial charge in [0.1, 0.15) is 11.4 Å². The van der Waals surface area contributed by atoms with E-state index in [0.29, 0.717) is 25.4 Å². The zero-order valence-electron chi connectivity index (χ0n) is 18.9. The predicted molar refractivity (Wildman–Crippen MR) is 130 cm³/mol. The zero-order chi connectivity index (χ0) is 23.5. The Bertz CT molecular complexity index is 1210. The third-order valence-corrected chi connectivity index (χ3v) is 6.31. The quantitative estimate of drug-likeness (QED) is 0.371. The molecule has 0 bridgehead atoms. The van der Waals surface area contributed by atoms with Gasteiger partial charge >= 0.3 is 0 Å². The summed E-state index contributed by atoms with van der Waals surface area (Å²) in [6.45, 7) is 5.41. The van der Waals surface area contributed by atoms with Crippen molar-refractivity contribution in [3.05, 3.63) is 80.1 Å². The van der Waals surface area contributed by atoms with Gasteiger partial charge in [0.2, 0.25) is 0 Å². The van der Waals surface area contributed by atoms with Crippen molar-refractivity contribution in [3.63, 3.8) is 0 Å². The van der Waals surface area contributed by atoms with Gasteiger partial charge in [-0.05, 0) is 42.9 Å². The number of para-hydroxylation sites is 1. The molecular weight excluding hydrogens is 418 g/mol. The normalized spacial score (nSPS) is 17.0. The SMILES string of the molecule is CC[C@@H](Nc1c(Nc2cccc(C(=O)N3CCCC(C)C3)c2O)c(=O)c1=O)c1ccccc1. The third kappa shape index (κ3) is 4.49. The first-order chi connectivity index (χ1) is 15.9. The van der Waals surface area contributed by atoms with Gasteiger partial charge in [0, 0.05) is 13.1 Å². The maximum Gasteiger partial charge on any atom is 0.257 e. The summed E-state index contributed by atoms with van der Waals surface area (Å²) < 4.78 is 0. The number of hydrogen-bond acceptors (Lipinski definition) is 6. The molecule has 1 fully saturated rings. The fourth-order valence-electron chi connectivity index (χ4n) is 4.43. The van der Waals surface area contributed by atoms with Crippen molar-refractivity contribution in [1.82, 2.24) is 4.90 Å². The third-order valence-electron chi connectivity index (χ3n) is 6.31. The van der Waals surface area contributed by atoms with Crippen LogP contribution in [0.2, 0.25) is 0 Å². The molecule has 1 saturated heterocycles. The molecule has 1 heterocycles. The summed E-state index contributed by atoms with van der Waals surface area (Å²) in [5.41, 5.74) is 0.442. The Balaban J connectivity index is 1.57. The molecule has 0 aromatic heterocycles. The van der Waals surface area contributed by atoms with E-state index in [1.165, 1.54) is 0 Å². The second-order valence-corrected chi connectivity index (χ2v) is 8.75. The average Bonchev–Trinajstić information content (AvgIpc) is 2.84. The molecule has 7 heteroatoms. The highest BCUT2D eigenvalue weighted by Gasteiger charge is 2.27. The molecule has 0 saturated carbocycles. The first-order valence-electron chi connectivity index (χ1n) is 11.4. The lowest BCUT2D eigenvalue weighted by Gasteiger charge is -2.31. The number of piperidine rings is 1. The van der Waals surface area contributed by atoms with E-state index in [0.717, 1.165) is 18.4 Å². The summed E-state index contributed by atoms with van der Waals surface area (Å²) in [6, 6.07) is 14.4. The summed E-state index contributed by atoms with van der Waals surface area (Å²) in [5, 5.41) is 16.9. The Labute approximate surface area is 192 Å². The second kappa shape index (κ2) is 9.48. The van der Waals surface area contributed by atoms with Crippen LogP contribution in [0.1, 0.15) is 55.1 Å². The van der Waals surface area contributed by atoms with Gasteiger partial charge in [-0.2, -0.15) is 0 Å². The highest BCUT2D eigenvalue weighted by Crippen LogP contribution is 2.34. The number of anilines is 3. The standard InChI is InChI=1S/C26H29N3O4/c1-3-19(17-10-5-4-6-11-17)27-21-22(25(32)24(21)31)28-20-13-7-12-18(23(20)30)26(33)29-14-8-9-16(2)15-29/h4-7,10-13,16,19,27-28,30H,3,8-9,14-15H2,1-2H3/t16?,19-/m1/s1. The summed E-state index contributed by atoms with van der Waals surface area (Å²) >= 11 is 0. The minimum absolute atomic E-state index is 0.0980. The van der Waals surface area contributed by atoms with Crippen molar-refractivity contribution < 1.29 is 9.90 Å². The lowest BCUT2D eigenvalue weighted by Crippen LogP contribution is -2.39. The van der Waals surface area contributed by atoms with E-state index in [9.17, 15) is 19.5 Å². The molecule has 0 aliphatic carbocycles. The minimum atomic E-state index is -0.651. The number of carbonyl (C=O) groups is 1. The van der Waals surface area contributed by atoms with Crippen LogP contribution in [-0.2, 0) is 0 Å². The largest absolute Gasteiger partial charge is 0.505 e. The monoisotopic (exact) mass is 447 g/mol. The number of carbonyl (C=O) groups excluding carboxylic acids is 1. The van der Waals surface area contributed by atoms with Gasteiger partial charge in [0.05, 0.1) is 17.3 Å². The predicted octanol–water partition coefficient (Wildman–Crippen LogP) is 4.17. The minimum Gasteiger partial charge on any atom is -0.505 e. The maximum absolute atomic E-state index is 13.0. The smallest absolute Gasteiger partial charge is 0.257 e. The van der Waals surface area contributed by atoms with E-state index in [4.69, 9.17) is 0 Å². The molecule has 4 rings (SSSR count). The van der Waals surface area contributed by atoms with E-state index in [1.807, 2.05) is 37.3 Å². The lowest BCUT2D eigenvalue weighted by molar-refractivity contribution is 0.0680. The van der Waals surface area contributed by atoms with Crippen LogP contribution in [0.25, 0.3) is 0 Å². The Morgan fingerprint density at radius 1 is 1.09 bits per heavy atom. The van der Waals surface area contributed by atoms with Gasteiger partial charge in [0.15, 0.2) is 5.75 Å². The molecule has 3 aromatic carbocycles. The number of rotatable bonds is 7. The Kier molecular flexibility index (Phi) is 6.49. The Morgan fingerprint density at radius 3 is 2.52 bits per heavy atom. The number of phenolic OH excluding ortho intramolecular Hbond substituents is 1. The first-order valence-corrected chi connectivity index (χ1v) is 11.4. The second-order valence-electron chi connectivity index (χ2n) is 8.75. The average molecular weight is 448 g/mol. The molecule has 7 nitrogen and oxygen atoms in total. The number of likely N-dealkylation sites (tertiary alicyclic amines) is 1. The molecule has 3 N–H and O–H groups in total. The molecule has 33 heavy (non-hydrogen) atoms. The topological polar surface area (TPSA) is 98.7 Å². The molecule has 1 aliphatic rings. The number of nitrogens with zero attached hydrogens (tertiary/aromatic N) is 1. The Hall–Kier alpha value is -3.61. The summed E-state index contributed by atoms with van der Waals surface area (Å²) in [6.07, 6.45) is 2.73. The molecule has 1 aliphatic heterocycles. The molecule has 3 aromatic rings. The van der Waals surface area contributed by atoms with Crippen LogP contribution in [0, 0.1) is 5.92 Å². The van der Waals surface area contributed by atoms with Crippen LogP contribution >= 0.6 is 0 Å². The lowest BCUT2D eigenvalue weighted by atomic mass is 9.99. The summed E-state index contributed by atoms with van der Waals surface area (Å²) in [4.78, 5) is 39.4. The van der Waals surface area contributed by atoms with Gasteiger partial charge in [0.25, 0.3) is 16.8 Å². The van der Waals surface area contributed by atoms with Crippen molar-refractivity contribution in [2.75, 3.05) is 23.7 Å². The highest BCUT2D eigenvalue weighted by atomic mass is 16.3. The van der Waals surface area contributed by atoms with Crippen molar-refractivity contribution in [3.8, 4) is 5.75 Å². The van der Waals surface area contributed by atoms with Crippen LogP contribution in [0.5, 0.6) is 5.75 Å². The Morgan fingerprint density at radius 2 is 1.82 bits per heavy atom. The first kappa shape index (κ1) is 22.6. The number of phenols is 1. The molecule has 0 spiro atoms. The van der Waals surface area contributed by atoms with Gasteiger partial charge in [-0.25, -0.2) is 0 Å². The molecule has 1 unspecified atom stereocenters. The number of amides is 1. The van der Waals surface area contributed by atoms with Crippen molar-refractivity contribution in [2.24, 2.45) is 5.92 Å². The van der Waals surface area contributed by atoms with E-state index in [1.54, 1.807) is 23.1 Å². The summed E-state index contributed by atoms with van der Waals surface area (Å²) in [5.74, 6) is -0.0457. The van der Waals surface area contributed by atoms with E-state index >= 15 is 0 Å². The molecule has 1 amide bonds.